The summed E-state index contributed by atoms with van der Waals surface area (Å²) in [5.41, 5.74) is -1.75. The highest BCUT2D eigenvalue weighted by Crippen LogP contribution is 2.25. The van der Waals surface area contributed by atoms with Crippen LogP contribution in [0.5, 0.6) is 0 Å². The summed E-state index contributed by atoms with van der Waals surface area (Å²) in [4.78, 5) is 24.2. The molecule has 0 aliphatic heterocycles. The zero-order chi connectivity index (χ0) is 24.3. The molecule has 0 atom stereocenters. The Kier molecular flexibility index (Phi) is 6.43. The number of anilines is 2. The first-order valence-electron chi connectivity index (χ1n) is 9.34. The van der Waals surface area contributed by atoms with Crippen molar-refractivity contribution >= 4 is 29.0 Å². The molecular weight excluding hydrogens is 442 g/mol. The lowest BCUT2D eigenvalue weighted by Gasteiger charge is -2.11. The van der Waals surface area contributed by atoms with Crippen molar-refractivity contribution in [2.45, 2.75) is 6.18 Å². The highest BCUT2D eigenvalue weighted by Gasteiger charge is 2.38. The molecule has 2 aromatic carbocycles. The van der Waals surface area contributed by atoms with Gasteiger partial charge < -0.3 is 10.6 Å². The average molecular weight is 459 g/mol. The molecule has 3 rings (SSSR count). The number of nitrogens with one attached hydrogen (secondary N) is 3. The lowest BCUT2D eigenvalue weighted by molar-refractivity contribution is -0.113. The number of hydrogen-bond donors (Lipinski definition) is 3. The number of rotatable bonds is 6. The van der Waals surface area contributed by atoms with Gasteiger partial charge >= 0.3 is 6.18 Å². The highest BCUT2D eigenvalue weighted by atomic mass is 19.4. The van der Waals surface area contributed by atoms with Crippen LogP contribution in [0.4, 0.5) is 29.1 Å². The molecule has 1 aromatic heterocycles. The molecule has 170 valence electrons. The molecule has 0 aliphatic carbocycles. The van der Waals surface area contributed by atoms with Crippen LogP contribution in [-0.4, -0.2) is 33.5 Å². The molecule has 0 fully saturated rings. The second-order valence-electron chi connectivity index (χ2n) is 6.86. The number of carbonyl (C=O) groups is 2. The molecule has 0 saturated carbocycles. The summed E-state index contributed by atoms with van der Waals surface area (Å²) >= 11 is 0. The minimum atomic E-state index is -4.98. The van der Waals surface area contributed by atoms with Crippen LogP contribution >= 0.6 is 0 Å². The number of halogens is 4. The summed E-state index contributed by atoms with van der Waals surface area (Å²) < 4.78 is 52.8. The zero-order valence-corrected chi connectivity index (χ0v) is 17.1. The summed E-state index contributed by atoms with van der Waals surface area (Å²) in [5.74, 6) is -2.16. The number of carbonyl (C=O) groups excluding carboxylic acids is 2. The van der Waals surface area contributed by atoms with E-state index in [0.29, 0.717) is 17.1 Å². The van der Waals surface area contributed by atoms with Crippen LogP contribution in [0.1, 0.15) is 10.4 Å². The minimum absolute atomic E-state index is 0.125. The number of amides is 2. The van der Waals surface area contributed by atoms with Gasteiger partial charge in [0, 0.05) is 24.4 Å². The Morgan fingerprint density at radius 3 is 2.30 bits per heavy atom. The SMILES string of the molecule is C=C(C(=N)C(F)(F)F)C(=O)Nc1ccc(-c2cc(NC(=O)c3ccccc3F)n(C)n2)cc1. The second-order valence-corrected chi connectivity index (χ2v) is 6.86. The van der Waals surface area contributed by atoms with Gasteiger partial charge in [0.15, 0.2) is 0 Å². The van der Waals surface area contributed by atoms with Crippen molar-refractivity contribution in [2.75, 3.05) is 10.6 Å². The maximum atomic E-state index is 13.8. The van der Waals surface area contributed by atoms with Crippen LogP contribution in [0.25, 0.3) is 11.3 Å². The van der Waals surface area contributed by atoms with E-state index >= 15 is 0 Å². The predicted molar refractivity (Wildman–Crippen MR) is 115 cm³/mol. The third-order valence-corrected chi connectivity index (χ3v) is 4.54. The summed E-state index contributed by atoms with van der Waals surface area (Å²) in [7, 11) is 1.58. The first-order valence-corrected chi connectivity index (χ1v) is 9.34. The number of benzene rings is 2. The Hall–Kier alpha value is -4.28. The number of nitrogens with zero attached hydrogens (tertiary/aromatic N) is 2. The first kappa shape index (κ1) is 23.4. The van der Waals surface area contributed by atoms with Crippen molar-refractivity contribution in [1.82, 2.24) is 9.78 Å². The highest BCUT2D eigenvalue weighted by molar-refractivity contribution is 6.25. The zero-order valence-electron chi connectivity index (χ0n) is 17.1. The molecule has 0 saturated heterocycles. The van der Waals surface area contributed by atoms with Crippen molar-refractivity contribution in [2.24, 2.45) is 7.05 Å². The lowest BCUT2D eigenvalue weighted by atomic mass is 10.1. The number of aryl methyl sites for hydroxylation is 1. The largest absolute Gasteiger partial charge is 0.433 e. The normalized spacial score (nSPS) is 11.1. The molecule has 0 aliphatic rings. The summed E-state index contributed by atoms with van der Waals surface area (Å²) in [5, 5.41) is 16.1. The molecular formula is C22H17F4N5O2. The van der Waals surface area contributed by atoms with Crippen molar-refractivity contribution in [3.8, 4) is 11.3 Å². The van der Waals surface area contributed by atoms with Gasteiger partial charge in [-0.3, -0.25) is 19.7 Å². The minimum Gasteiger partial charge on any atom is -0.322 e. The maximum absolute atomic E-state index is 13.8. The van der Waals surface area contributed by atoms with E-state index in [-0.39, 0.29) is 11.3 Å². The van der Waals surface area contributed by atoms with Crippen molar-refractivity contribution in [1.29, 1.82) is 5.41 Å². The molecule has 0 bridgehead atoms. The van der Waals surface area contributed by atoms with Crippen molar-refractivity contribution in [3.63, 3.8) is 0 Å². The number of aromatic nitrogens is 2. The smallest absolute Gasteiger partial charge is 0.322 e. The molecule has 33 heavy (non-hydrogen) atoms. The van der Waals surface area contributed by atoms with Gasteiger partial charge in [-0.05, 0) is 24.3 Å². The fraction of sp³-hybridized carbons (Fsp3) is 0.0909. The van der Waals surface area contributed by atoms with Gasteiger partial charge in [0.1, 0.15) is 17.3 Å². The quantitative estimate of drug-likeness (QED) is 0.286. The molecule has 0 spiro atoms. The Morgan fingerprint density at radius 1 is 1.06 bits per heavy atom. The van der Waals surface area contributed by atoms with E-state index in [0.717, 1.165) is 0 Å². The molecule has 0 radical (unpaired) electrons. The summed E-state index contributed by atoms with van der Waals surface area (Å²) in [6.07, 6.45) is -4.98. The fourth-order valence-electron chi connectivity index (χ4n) is 2.77. The van der Waals surface area contributed by atoms with Crippen LogP contribution < -0.4 is 10.6 Å². The molecule has 7 nitrogen and oxygen atoms in total. The average Bonchev–Trinajstić information content (AvgIpc) is 3.12. The predicted octanol–water partition coefficient (Wildman–Crippen LogP) is 4.56. The molecule has 3 aromatic rings. The summed E-state index contributed by atoms with van der Waals surface area (Å²) in [6.45, 7) is 3.02. The maximum Gasteiger partial charge on any atom is 0.433 e. The third kappa shape index (κ3) is 5.32. The first-order chi connectivity index (χ1) is 15.5. The molecule has 2 amide bonds. The van der Waals surface area contributed by atoms with Crippen LogP contribution in [0.2, 0.25) is 0 Å². The Bertz CT molecular complexity index is 1250. The van der Waals surface area contributed by atoms with E-state index in [1.807, 2.05) is 0 Å². The molecule has 3 N–H and O–H groups in total. The van der Waals surface area contributed by atoms with Crippen LogP contribution in [0.15, 0.2) is 66.7 Å². The van der Waals surface area contributed by atoms with E-state index in [1.165, 1.54) is 41.1 Å². The Balaban J connectivity index is 1.71. The summed E-state index contributed by atoms with van der Waals surface area (Å²) in [6, 6.07) is 13.1. The Morgan fingerprint density at radius 2 is 1.70 bits per heavy atom. The standard InChI is InChI=1S/C22H17F4N5O2/c1-12(19(27)22(24,25)26)20(32)28-14-9-7-13(8-10-14)17-11-18(31(2)30-17)29-21(33)15-5-3-4-6-16(15)23/h3-11,27H,1H2,2H3,(H,28,32)(H,29,33). The van der Waals surface area contributed by atoms with Gasteiger partial charge in [-0.25, -0.2) is 4.39 Å². The fourth-order valence-corrected chi connectivity index (χ4v) is 2.77. The van der Waals surface area contributed by atoms with Gasteiger partial charge in [0.25, 0.3) is 11.8 Å². The second kappa shape index (κ2) is 9.07. The molecule has 0 unspecified atom stereocenters. The number of alkyl halides is 3. The number of hydrogen-bond acceptors (Lipinski definition) is 4. The topological polar surface area (TPSA) is 99.9 Å². The van der Waals surface area contributed by atoms with Crippen LogP contribution in [0, 0.1) is 11.2 Å². The van der Waals surface area contributed by atoms with E-state index in [1.54, 1.807) is 25.2 Å². The van der Waals surface area contributed by atoms with Crippen LogP contribution in [0.3, 0.4) is 0 Å². The van der Waals surface area contributed by atoms with Gasteiger partial charge in [0.05, 0.1) is 16.8 Å². The van der Waals surface area contributed by atoms with E-state index in [9.17, 15) is 27.2 Å². The van der Waals surface area contributed by atoms with Gasteiger partial charge in [-0.1, -0.05) is 30.8 Å². The van der Waals surface area contributed by atoms with E-state index in [2.05, 4.69) is 22.3 Å². The van der Waals surface area contributed by atoms with Crippen molar-refractivity contribution < 1.29 is 27.2 Å². The monoisotopic (exact) mass is 459 g/mol. The van der Waals surface area contributed by atoms with Gasteiger partial charge in [0.2, 0.25) is 0 Å². The van der Waals surface area contributed by atoms with E-state index < -0.39 is 35.1 Å². The molecule has 11 heteroatoms. The Labute approximate surface area is 185 Å². The van der Waals surface area contributed by atoms with Crippen LogP contribution in [-0.2, 0) is 11.8 Å². The van der Waals surface area contributed by atoms with Gasteiger partial charge in [-0.15, -0.1) is 0 Å². The molecule has 1 heterocycles. The third-order valence-electron chi connectivity index (χ3n) is 4.54. The van der Waals surface area contributed by atoms with E-state index in [4.69, 9.17) is 5.41 Å². The van der Waals surface area contributed by atoms with Crippen molar-refractivity contribution in [3.05, 3.63) is 78.1 Å². The van der Waals surface area contributed by atoms with Gasteiger partial charge in [-0.2, -0.15) is 18.3 Å². The lowest BCUT2D eigenvalue weighted by Crippen LogP contribution is -2.29.